The van der Waals surface area contributed by atoms with Crippen molar-refractivity contribution in [3.63, 3.8) is 0 Å². The van der Waals surface area contributed by atoms with Crippen LogP contribution in [0.1, 0.15) is 11.6 Å². The highest BCUT2D eigenvalue weighted by molar-refractivity contribution is 5.89. The Hall–Kier alpha value is -3.99. The highest BCUT2D eigenvalue weighted by Crippen LogP contribution is 2.29. The average Bonchev–Trinajstić information content (AvgIpc) is 2.83. The SMILES string of the molecule is C=CCNC(=O)[C@@H](C#N)c1nc2ccccc2nc1N1CCN(c2ccc(F)cc2)CC1. The van der Waals surface area contributed by atoms with E-state index in [9.17, 15) is 14.4 Å². The quantitative estimate of drug-likeness (QED) is 0.605. The third-order valence-electron chi connectivity index (χ3n) is 5.43. The Balaban J connectivity index is 1.64. The van der Waals surface area contributed by atoms with Gasteiger partial charge >= 0.3 is 0 Å². The summed E-state index contributed by atoms with van der Waals surface area (Å²) in [6.07, 6.45) is 1.56. The topological polar surface area (TPSA) is 85.1 Å². The van der Waals surface area contributed by atoms with Crippen LogP contribution < -0.4 is 15.1 Å². The number of nitrogens with one attached hydrogen (secondary N) is 1. The maximum Gasteiger partial charge on any atom is 0.243 e. The summed E-state index contributed by atoms with van der Waals surface area (Å²) in [5.74, 6) is -1.23. The van der Waals surface area contributed by atoms with Gasteiger partial charge in [-0.15, -0.1) is 6.58 Å². The highest BCUT2D eigenvalue weighted by atomic mass is 19.1. The van der Waals surface area contributed by atoms with Crippen molar-refractivity contribution >= 4 is 28.4 Å². The first-order valence-corrected chi connectivity index (χ1v) is 10.4. The Bertz CT molecular complexity index is 1170. The van der Waals surface area contributed by atoms with E-state index in [4.69, 9.17) is 4.98 Å². The number of hydrogen-bond acceptors (Lipinski definition) is 6. The number of piperazine rings is 1. The fraction of sp³-hybridized carbons (Fsp3) is 0.250. The summed E-state index contributed by atoms with van der Waals surface area (Å²) in [7, 11) is 0. The number of halogens is 1. The number of carbonyl (C=O) groups excluding carboxylic acids is 1. The van der Waals surface area contributed by atoms with E-state index >= 15 is 0 Å². The maximum absolute atomic E-state index is 13.3. The molecule has 0 spiro atoms. The van der Waals surface area contributed by atoms with E-state index in [1.807, 2.05) is 24.3 Å². The molecule has 1 N–H and O–H groups in total. The number of fused-ring (bicyclic) bond motifs is 1. The molecule has 0 radical (unpaired) electrons. The molecule has 0 saturated carbocycles. The number of benzene rings is 2. The number of aromatic nitrogens is 2. The van der Waals surface area contributed by atoms with Crippen molar-refractivity contribution in [2.24, 2.45) is 0 Å². The standard InChI is InChI=1S/C24H23FN6O/c1-2-11-27-24(32)19(16-26)22-23(29-21-6-4-3-5-20(21)28-22)31-14-12-30(13-15-31)18-9-7-17(25)8-10-18/h2-10,19H,1,11-15H2,(H,27,32)/t19-/m0/s1. The van der Waals surface area contributed by atoms with Crippen LogP contribution in [0.2, 0.25) is 0 Å². The van der Waals surface area contributed by atoms with Gasteiger partial charge in [-0.25, -0.2) is 14.4 Å². The minimum Gasteiger partial charge on any atom is -0.368 e. The zero-order valence-corrected chi connectivity index (χ0v) is 17.5. The molecule has 1 saturated heterocycles. The summed E-state index contributed by atoms with van der Waals surface area (Å²) in [6.45, 7) is 6.51. The van der Waals surface area contributed by atoms with E-state index in [2.05, 4.69) is 32.7 Å². The first-order chi connectivity index (χ1) is 15.6. The second-order valence-corrected chi connectivity index (χ2v) is 7.47. The molecule has 0 bridgehead atoms. The van der Waals surface area contributed by atoms with Crippen LogP contribution in [0.15, 0.2) is 61.2 Å². The molecule has 3 aromatic rings. The van der Waals surface area contributed by atoms with Crippen LogP contribution in [0, 0.1) is 17.1 Å². The van der Waals surface area contributed by atoms with E-state index in [0.717, 1.165) is 5.69 Å². The van der Waals surface area contributed by atoms with Crippen LogP contribution in [0.5, 0.6) is 0 Å². The van der Waals surface area contributed by atoms with Gasteiger partial charge < -0.3 is 15.1 Å². The molecule has 32 heavy (non-hydrogen) atoms. The summed E-state index contributed by atoms with van der Waals surface area (Å²) in [4.78, 5) is 26.3. The van der Waals surface area contributed by atoms with Crippen LogP contribution in [0.4, 0.5) is 15.9 Å². The van der Waals surface area contributed by atoms with Gasteiger partial charge in [0, 0.05) is 38.4 Å². The largest absolute Gasteiger partial charge is 0.368 e. The molecule has 162 valence electrons. The van der Waals surface area contributed by atoms with Crippen molar-refractivity contribution in [3.05, 3.63) is 72.7 Å². The van der Waals surface area contributed by atoms with Crippen LogP contribution >= 0.6 is 0 Å². The van der Waals surface area contributed by atoms with E-state index in [-0.39, 0.29) is 12.4 Å². The Morgan fingerprint density at radius 2 is 1.72 bits per heavy atom. The molecule has 1 atom stereocenters. The molecule has 0 aliphatic carbocycles. The lowest BCUT2D eigenvalue weighted by Gasteiger charge is -2.37. The third kappa shape index (κ3) is 4.37. The van der Waals surface area contributed by atoms with Crippen molar-refractivity contribution in [2.45, 2.75) is 5.92 Å². The predicted molar refractivity (Wildman–Crippen MR) is 122 cm³/mol. The predicted octanol–water partition coefficient (Wildman–Crippen LogP) is 3.00. The normalized spacial score (nSPS) is 14.6. The van der Waals surface area contributed by atoms with Gasteiger partial charge in [-0.05, 0) is 36.4 Å². The number of nitrogens with zero attached hydrogens (tertiary/aromatic N) is 5. The van der Waals surface area contributed by atoms with Crippen molar-refractivity contribution in [3.8, 4) is 6.07 Å². The van der Waals surface area contributed by atoms with Gasteiger partial charge in [-0.2, -0.15) is 5.26 Å². The number of nitriles is 1. The second-order valence-electron chi connectivity index (χ2n) is 7.47. The van der Waals surface area contributed by atoms with Crippen LogP contribution in [-0.4, -0.2) is 48.6 Å². The van der Waals surface area contributed by atoms with E-state index in [1.54, 1.807) is 18.2 Å². The first-order valence-electron chi connectivity index (χ1n) is 10.4. The van der Waals surface area contributed by atoms with Gasteiger partial charge in [0.25, 0.3) is 0 Å². The lowest BCUT2D eigenvalue weighted by molar-refractivity contribution is -0.121. The van der Waals surface area contributed by atoms with Gasteiger partial charge in [-0.1, -0.05) is 18.2 Å². The molecule has 4 rings (SSSR count). The zero-order valence-electron chi connectivity index (χ0n) is 17.5. The number of para-hydroxylation sites is 2. The molecular formula is C24H23FN6O. The Kier molecular flexibility index (Phi) is 6.26. The number of hydrogen-bond donors (Lipinski definition) is 1. The van der Waals surface area contributed by atoms with Crippen LogP contribution in [-0.2, 0) is 4.79 Å². The Labute approximate surface area is 185 Å². The fourth-order valence-electron chi connectivity index (χ4n) is 3.78. The van der Waals surface area contributed by atoms with Gasteiger partial charge in [0.05, 0.1) is 17.1 Å². The van der Waals surface area contributed by atoms with Gasteiger partial charge in [0.15, 0.2) is 11.7 Å². The molecule has 1 aliphatic heterocycles. The lowest BCUT2D eigenvalue weighted by Crippen LogP contribution is -2.47. The molecule has 2 heterocycles. The average molecular weight is 430 g/mol. The summed E-state index contributed by atoms with van der Waals surface area (Å²) < 4.78 is 13.3. The van der Waals surface area contributed by atoms with Gasteiger partial charge in [0.1, 0.15) is 11.5 Å². The third-order valence-corrected chi connectivity index (χ3v) is 5.43. The Morgan fingerprint density at radius 3 is 2.34 bits per heavy atom. The minimum absolute atomic E-state index is 0.263. The minimum atomic E-state index is -1.09. The number of amides is 1. The summed E-state index contributed by atoms with van der Waals surface area (Å²) in [6, 6.07) is 15.9. The Morgan fingerprint density at radius 1 is 1.09 bits per heavy atom. The molecule has 1 fully saturated rings. The van der Waals surface area contributed by atoms with Crippen LogP contribution in [0.3, 0.4) is 0 Å². The lowest BCUT2D eigenvalue weighted by atomic mass is 10.0. The smallest absolute Gasteiger partial charge is 0.243 e. The maximum atomic E-state index is 13.3. The molecule has 1 aromatic heterocycles. The van der Waals surface area contributed by atoms with E-state index < -0.39 is 11.8 Å². The second kappa shape index (κ2) is 9.43. The summed E-state index contributed by atoms with van der Waals surface area (Å²) in [5, 5.41) is 12.5. The van der Waals surface area contributed by atoms with Gasteiger partial charge in [-0.3, -0.25) is 4.79 Å². The molecule has 1 aliphatic rings. The molecule has 2 aromatic carbocycles. The van der Waals surface area contributed by atoms with E-state index in [1.165, 1.54) is 12.1 Å². The van der Waals surface area contributed by atoms with Crippen molar-refractivity contribution in [2.75, 3.05) is 42.5 Å². The van der Waals surface area contributed by atoms with Crippen molar-refractivity contribution in [1.29, 1.82) is 5.26 Å². The molecule has 1 amide bonds. The number of carbonyl (C=O) groups is 1. The van der Waals surface area contributed by atoms with E-state index in [0.29, 0.717) is 48.7 Å². The summed E-state index contributed by atoms with van der Waals surface area (Å²) >= 11 is 0. The fourth-order valence-corrected chi connectivity index (χ4v) is 3.78. The van der Waals surface area contributed by atoms with Crippen molar-refractivity contribution in [1.82, 2.24) is 15.3 Å². The van der Waals surface area contributed by atoms with Crippen LogP contribution in [0.25, 0.3) is 11.0 Å². The molecule has 7 nitrogen and oxygen atoms in total. The molecule has 8 heteroatoms. The number of rotatable bonds is 6. The van der Waals surface area contributed by atoms with Crippen molar-refractivity contribution < 1.29 is 9.18 Å². The van der Waals surface area contributed by atoms with Gasteiger partial charge in [0.2, 0.25) is 5.91 Å². The highest BCUT2D eigenvalue weighted by Gasteiger charge is 2.30. The molecular weight excluding hydrogens is 407 g/mol. The monoisotopic (exact) mass is 430 g/mol. The molecule has 0 unspecified atom stereocenters. The number of anilines is 2. The zero-order chi connectivity index (χ0) is 22.5. The summed E-state index contributed by atoms with van der Waals surface area (Å²) in [5.41, 5.74) is 2.64. The first kappa shape index (κ1) is 21.2.